The van der Waals surface area contributed by atoms with Crippen LogP contribution in [0.15, 0.2) is 6.07 Å². The maximum atomic E-state index is 11.9. The van der Waals surface area contributed by atoms with Gasteiger partial charge in [-0.2, -0.15) is 0 Å². The highest BCUT2D eigenvalue weighted by Crippen LogP contribution is 2.67. The Labute approximate surface area is 188 Å². The van der Waals surface area contributed by atoms with Crippen molar-refractivity contribution in [3.8, 4) is 11.5 Å². The average molecular weight is 447 g/mol. The minimum absolute atomic E-state index is 0.0119. The van der Waals surface area contributed by atoms with Crippen LogP contribution in [0.25, 0.3) is 0 Å². The summed E-state index contributed by atoms with van der Waals surface area (Å²) in [5, 5.41) is 31.6. The zero-order chi connectivity index (χ0) is 23.6. The number of rotatable bonds is 3. The summed E-state index contributed by atoms with van der Waals surface area (Å²) in [5.74, 6) is 0.115. The van der Waals surface area contributed by atoms with Crippen LogP contribution in [0.4, 0.5) is 0 Å². The lowest BCUT2D eigenvalue weighted by atomic mass is 9.43. The van der Waals surface area contributed by atoms with E-state index >= 15 is 0 Å². The molecule has 7 heteroatoms. The van der Waals surface area contributed by atoms with Crippen molar-refractivity contribution in [1.82, 2.24) is 0 Å². The van der Waals surface area contributed by atoms with Crippen molar-refractivity contribution in [2.45, 2.75) is 84.7 Å². The Morgan fingerprint density at radius 1 is 1.31 bits per heavy atom. The number of aromatic hydroxyl groups is 1. The first-order chi connectivity index (χ1) is 14.9. The molecule has 1 spiro atoms. The molecular weight excluding hydrogens is 412 g/mol. The quantitative estimate of drug-likeness (QED) is 0.483. The van der Waals surface area contributed by atoms with Crippen LogP contribution >= 0.6 is 0 Å². The van der Waals surface area contributed by atoms with Crippen molar-refractivity contribution in [2.75, 3.05) is 0 Å². The van der Waals surface area contributed by atoms with Crippen molar-refractivity contribution in [1.29, 1.82) is 0 Å². The lowest BCUT2D eigenvalue weighted by molar-refractivity contribution is -0.246. The SMILES string of the molecule is CC(=O)O[C@@H]1[C@H](O)C[C@]2(C)[C@H](CC[C@H](C)[C@@]23Cc2c(O)cc(CO)c(C=O)c2O3)C1(C)C. The van der Waals surface area contributed by atoms with Gasteiger partial charge in [0.25, 0.3) is 0 Å². The van der Waals surface area contributed by atoms with Crippen LogP contribution in [-0.2, 0) is 22.6 Å². The van der Waals surface area contributed by atoms with Gasteiger partial charge in [-0.15, -0.1) is 0 Å². The maximum Gasteiger partial charge on any atom is 0.303 e. The maximum absolute atomic E-state index is 11.9. The molecule has 2 aliphatic carbocycles. The summed E-state index contributed by atoms with van der Waals surface area (Å²) in [6.07, 6.45) is 1.74. The summed E-state index contributed by atoms with van der Waals surface area (Å²) in [4.78, 5) is 23.7. The molecule has 3 N–H and O–H groups in total. The van der Waals surface area contributed by atoms with Crippen LogP contribution in [0, 0.1) is 22.7 Å². The van der Waals surface area contributed by atoms with Crippen LogP contribution in [0.5, 0.6) is 11.5 Å². The lowest BCUT2D eigenvalue weighted by Crippen LogP contribution is -2.69. The number of hydrogen-bond acceptors (Lipinski definition) is 7. The van der Waals surface area contributed by atoms with Crippen molar-refractivity contribution in [2.24, 2.45) is 22.7 Å². The van der Waals surface area contributed by atoms with Crippen LogP contribution in [-0.4, -0.2) is 45.4 Å². The van der Waals surface area contributed by atoms with Gasteiger partial charge >= 0.3 is 5.97 Å². The minimum atomic E-state index is -0.864. The predicted molar refractivity (Wildman–Crippen MR) is 116 cm³/mol. The van der Waals surface area contributed by atoms with Gasteiger partial charge in [0.1, 0.15) is 23.2 Å². The molecule has 0 unspecified atom stereocenters. The number of ether oxygens (including phenoxy) is 2. The van der Waals surface area contributed by atoms with Gasteiger partial charge in [0, 0.05) is 29.7 Å². The smallest absolute Gasteiger partial charge is 0.303 e. The summed E-state index contributed by atoms with van der Waals surface area (Å²) < 4.78 is 12.3. The first-order valence-corrected chi connectivity index (χ1v) is 11.4. The largest absolute Gasteiger partial charge is 0.508 e. The Kier molecular flexibility index (Phi) is 5.37. The topological polar surface area (TPSA) is 113 Å². The second-order valence-corrected chi connectivity index (χ2v) is 10.8. The van der Waals surface area contributed by atoms with Crippen molar-refractivity contribution in [3.63, 3.8) is 0 Å². The molecular formula is C25H34O7. The van der Waals surface area contributed by atoms with Crippen LogP contribution in [0.3, 0.4) is 0 Å². The molecule has 0 radical (unpaired) electrons. The molecule has 4 rings (SSSR count). The minimum Gasteiger partial charge on any atom is -0.508 e. The van der Waals surface area contributed by atoms with Gasteiger partial charge in [-0.3, -0.25) is 9.59 Å². The van der Waals surface area contributed by atoms with Crippen molar-refractivity contribution >= 4 is 12.3 Å². The molecule has 3 aliphatic rings. The Morgan fingerprint density at radius 2 is 2.00 bits per heavy atom. The summed E-state index contributed by atoms with van der Waals surface area (Å²) >= 11 is 0. The van der Waals surface area contributed by atoms with E-state index in [1.54, 1.807) is 0 Å². The van der Waals surface area contributed by atoms with Gasteiger partial charge in [-0.05, 0) is 42.7 Å². The van der Waals surface area contributed by atoms with E-state index in [1.165, 1.54) is 13.0 Å². The van der Waals surface area contributed by atoms with Crippen molar-refractivity contribution < 1.29 is 34.4 Å². The van der Waals surface area contributed by atoms with Gasteiger partial charge in [0.2, 0.25) is 0 Å². The number of aldehydes is 1. The second-order valence-electron chi connectivity index (χ2n) is 10.8. The highest BCUT2D eigenvalue weighted by atomic mass is 16.6. The molecule has 32 heavy (non-hydrogen) atoms. The molecule has 0 amide bonds. The highest BCUT2D eigenvalue weighted by Gasteiger charge is 2.69. The number of carbonyl (C=O) groups excluding carboxylic acids is 2. The van der Waals surface area contributed by atoms with Gasteiger partial charge in [0.15, 0.2) is 6.29 Å². The molecule has 6 atom stereocenters. The van der Waals surface area contributed by atoms with Crippen LogP contribution < -0.4 is 4.74 Å². The predicted octanol–water partition coefficient (Wildman–Crippen LogP) is 3.15. The summed E-state index contributed by atoms with van der Waals surface area (Å²) in [7, 11) is 0. The van der Waals surface area contributed by atoms with Gasteiger partial charge in [-0.1, -0.05) is 27.7 Å². The molecule has 1 aliphatic heterocycles. The molecule has 0 aromatic heterocycles. The summed E-state index contributed by atoms with van der Waals surface area (Å²) in [6, 6.07) is 1.44. The molecule has 0 saturated heterocycles. The van der Waals surface area contributed by atoms with E-state index < -0.39 is 34.6 Å². The average Bonchev–Trinajstić information content (AvgIpc) is 3.12. The van der Waals surface area contributed by atoms with E-state index in [0.29, 0.717) is 36.0 Å². The summed E-state index contributed by atoms with van der Waals surface area (Å²) in [6.45, 7) is 9.30. The number of esters is 1. The third kappa shape index (κ3) is 2.93. The lowest BCUT2D eigenvalue weighted by Gasteiger charge is -2.65. The molecule has 1 aromatic rings. The number of benzene rings is 1. The standard InChI is InChI=1S/C25H34O7/c1-13-6-7-20-23(3,4)22(31-14(2)28)19(30)10-24(20,5)25(13)9-16-18(29)8-15(11-26)17(12-27)21(16)32-25/h8,12-13,19-20,22,26,29-30H,6-7,9-11H2,1-5H3/t13-,19+,20+,22+,24+,25-/m0/s1. The Bertz CT molecular complexity index is 954. The number of fused-ring (bicyclic) bond motifs is 3. The van der Waals surface area contributed by atoms with E-state index in [4.69, 9.17) is 9.47 Å². The zero-order valence-electron chi connectivity index (χ0n) is 19.5. The molecule has 176 valence electrons. The Morgan fingerprint density at radius 3 is 2.59 bits per heavy atom. The highest BCUT2D eigenvalue weighted by molar-refractivity contribution is 5.84. The van der Waals surface area contributed by atoms with E-state index in [-0.39, 0.29) is 29.8 Å². The molecule has 1 aromatic carbocycles. The second kappa shape index (κ2) is 7.45. The number of aliphatic hydroxyl groups excluding tert-OH is 2. The van der Waals surface area contributed by atoms with Gasteiger partial charge < -0.3 is 24.8 Å². The molecule has 2 fully saturated rings. The van der Waals surface area contributed by atoms with E-state index in [0.717, 1.165) is 12.8 Å². The molecule has 7 nitrogen and oxygen atoms in total. The normalized spacial score (nSPS) is 37.3. The fourth-order valence-electron chi connectivity index (χ4n) is 7.36. The number of phenolic OH excluding ortho intramolecular Hbond substituents is 1. The zero-order valence-corrected chi connectivity index (χ0v) is 19.5. The molecule has 0 bridgehead atoms. The van der Waals surface area contributed by atoms with Gasteiger partial charge in [0.05, 0.1) is 18.3 Å². The number of hydrogen-bond donors (Lipinski definition) is 3. The first-order valence-electron chi connectivity index (χ1n) is 11.4. The third-order valence-electron chi connectivity index (χ3n) is 8.82. The number of carbonyl (C=O) groups is 2. The Balaban J connectivity index is 1.84. The first kappa shape index (κ1) is 23.1. The van der Waals surface area contributed by atoms with E-state index in [2.05, 4.69) is 13.8 Å². The fraction of sp³-hybridized carbons (Fsp3) is 0.680. The Hall–Kier alpha value is -2.12. The third-order valence-corrected chi connectivity index (χ3v) is 8.82. The van der Waals surface area contributed by atoms with Crippen LogP contribution in [0.1, 0.15) is 75.4 Å². The van der Waals surface area contributed by atoms with Crippen LogP contribution in [0.2, 0.25) is 0 Å². The molecule has 1 heterocycles. The number of aliphatic hydroxyl groups is 2. The number of phenols is 1. The monoisotopic (exact) mass is 446 g/mol. The van der Waals surface area contributed by atoms with Gasteiger partial charge in [-0.25, -0.2) is 0 Å². The van der Waals surface area contributed by atoms with Crippen molar-refractivity contribution in [3.05, 3.63) is 22.8 Å². The summed E-state index contributed by atoms with van der Waals surface area (Å²) in [5.41, 5.74) is -0.584. The van der Waals surface area contributed by atoms with E-state index in [1.807, 2.05) is 13.8 Å². The molecule has 2 saturated carbocycles. The fourth-order valence-corrected chi connectivity index (χ4v) is 7.36. The van der Waals surface area contributed by atoms with E-state index in [9.17, 15) is 24.9 Å².